The number of nitrogens with one attached hydrogen (secondary N) is 1. The molecule has 1 aliphatic rings. The molecule has 4 heterocycles. The highest BCUT2D eigenvalue weighted by Crippen LogP contribution is 2.16. The first kappa shape index (κ1) is 15.2. The van der Waals surface area contributed by atoms with Crippen molar-refractivity contribution in [3.63, 3.8) is 0 Å². The smallest absolute Gasteiger partial charge is 0.238 e. The number of aromatic amines is 1. The molecule has 0 unspecified atom stereocenters. The highest BCUT2D eigenvalue weighted by Gasteiger charge is 2.10. The Morgan fingerprint density at radius 3 is 2.75 bits per heavy atom. The van der Waals surface area contributed by atoms with Gasteiger partial charge in [0, 0.05) is 12.4 Å². The number of anilines is 1. The molecule has 1 aliphatic heterocycles. The van der Waals surface area contributed by atoms with Gasteiger partial charge in [0.1, 0.15) is 11.2 Å². The lowest BCUT2D eigenvalue weighted by Crippen LogP contribution is -2.06. The number of allylic oxidation sites excluding steroid dienone is 3. The van der Waals surface area contributed by atoms with E-state index in [-0.39, 0.29) is 5.82 Å². The minimum atomic E-state index is 0.275. The van der Waals surface area contributed by atoms with Crippen molar-refractivity contribution in [2.45, 2.75) is 0 Å². The number of rotatable bonds is 3. The summed E-state index contributed by atoms with van der Waals surface area (Å²) in [5.74, 6) is 0.614. The van der Waals surface area contributed by atoms with E-state index in [2.05, 4.69) is 25.3 Å². The molecule has 0 fully saturated rings. The molecule has 0 spiro atoms. The van der Waals surface area contributed by atoms with E-state index in [1.807, 2.05) is 0 Å². The van der Waals surface area contributed by atoms with E-state index in [0.29, 0.717) is 28.5 Å². The summed E-state index contributed by atoms with van der Waals surface area (Å²) in [5, 5.41) is 3.67. The Bertz CT molecular complexity index is 952. The van der Waals surface area contributed by atoms with E-state index in [1.165, 1.54) is 6.33 Å². The minimum absolute atomic E-state index is 0.275. The van der Waals surface area contributed by atoms with Gasteiger partial charge in [-0.1, -0.05) is 0 Å². The van der Waals surface area contributed by atoms with Crippen LogP contribution in [0, 0.1) is 0 Å². The number of hydrogen-bond acceptors (Lipinski definition) is 6. The van der Waals surface area contributed by atoms with Crippen molar-refractivity contribution in [3.8, 4) is 5.95 Å². The molecule has 0 aliphatic carbocycles. The van der Waals surface area contributed by atoms with Gasteiger partial charge >= 0.3 is 0 Å². The number of carbonyl (C=O) groups excluding carboxylic acids is 2. The summed E-state index contributed by atoms with van der Waals surface area (Å²) in [6, 6.07) is 3.41. The average Bonchev–Trinajstić information content (AvgIpc) is 3.34. The zero-order valence-corrected chi connectivity index (χ0v) is 12.3. The average molecular weight is 322 g/mol. The molecule has 9 heteroatoms. The summed E-state index contributed by atoms with van der Waals surface area (Å²) in [5.41, 5.74) is 7.79. The number of aldehydes is 2. The second-order valence-electron chi connectivity index (χ2n) is 4.61. The second kappa shape index (κ2) is 6.57. The van der Waals surface area contributed by atoms with Gasteiger partial charge in [-0.2, -0.15) is 9.97 Å². The van der Waals surface area contributed by atoms with Gasteiger partial charge in [-0.15, -0.1) is 0 Å². The van der Waals surface area contributed by atoms with E-state index in [4.69, 9.17) is 5.73 Å². The van der Waals surface area contributed by atoms with Crippen molar-refractivity contribution >= 4 is 29.6 Å². The van der Waals surface area contributed by atoms with Crippen molar-refractivity contribution in [1.29, 1.82) is 0 Å². The summed E-state index contributed by atoms with van der Waals surface area (Å²) in [7, 11) is 0. The maximum atomic E-state index is 10.8. The molecule has 0 amide bonds. The summed E-state index contributed by atoms with van der Waals surface area (Å²) in [6.07, 6.45) is 9.62. The summed E-state index contributed by atoms with van der Waals surface area (Å²) < 4.78 is 1.56. The molecule has 3 aromatic rings. The first-order chi connectivity index (χ1) is 11.7. The number of H-pyrrole nitrogens is 1. The predicted octanol–water partition coefficient (Wildman–Crippen LogP) is 0.739. The fourth-order valence-electron chi connectivity index (χ4n) is 2.01. The van der Waals surface area contributed by atoms with Crippen LogP contribution in [0.5, 0.6) is 0 Å². The van der Waals surface area contributed by atoms with Gasteiger partial charge in [0.2, 0.25) is 5.95 Å². The van der Waals surface area contributed by atoms with E-state index in [9.17, 15) is 9.59 Å². The topological polar surface area (TPSA) is 134 Å². The van der Waals surface area contributed by atoms with Gasteiger partial charge in [-0.25, -0.2) is 4.98 Å². The third-order valence-corrected chi connectivity index (χ3v) is 3.11. The van der Waals surface area contributed by atoms with Crippen molar-refractivity contribution < 1.29 is 9.59 Å². The number of fused-ring (bicyclic) bond motifs is 1. The van der Waals surface area contributed by atoms with E-state index in [0.717, 1.165) is 12.6 Å². The zero-order chi connectivity index (χ0) is 16.9. The Balaban J connectivity index is 0.000000203. The molecule has 1 radical (unpaired) electrons. The highest BCUT2D eigenvalue weighted by atomic mass is 16.1. The standard InChI is InChI=1S/C10H8N6O.C5H4NO/c11-8-7-9(13-5-12-7)15-10(14-8)16-3-1-2-6(16)4-17;7-4-5-2-1-3-6-5/h1-5H,(H3,11,12,13,14,15);1-4H. The number of nitrogens with two attached hydrogens (primary N) is 1. The first-order valence-electron chi connectivity index (χ1n) is 6.85. The Labute approximate surface area is 135 Å². The Morgan fingerprint density at radius 2 is 2.08 bits per heavy atom. The molecule has 24 heavy (non-hydrogen) atoms. The molecular formula is C15H12N7O2. The summed E-state index contributed by atoms with van der Waals surface area (Å²) >= 11 is 0. The van der Waals surface area contributed by atoms with Crippen molar-refractivity contribution in [2.75, 3.05) is 5.73 Å². The normalized spacial score (nSPS) is 12.2. The van der Waals surface area contributed by atoms with Crippen LogP contribution < -0.4 is 11.1 Å². The van der Waals surface area contributed by atoms with E-state index in [1.54, 1.807) is 41.2 Å². The number of nitrogen functional groups attached to an aromatic ring is 1. The largest absolute Gasteiger partial charge is 0.382 e. The number of imidazole rings is 1. The predicted molar refractivity (Wildman–Crippen MR) is 86.2 cm³/mol. The monoisotopic (exact) mass is 322 g/mol. The first-order valence-corrected chi connectivity index (χ1v) is 6.85. The summed E-state index contributed by atoms with van der Waals surface area (Å²) in [6.45, 7) is 0. The van der Waals surface area contributed by atoms with Gasteiger partial charge in [0.05, 0.1) is 12.0 Å². The van der Waals surface area contributed by atoms with Gasteiger partial charge < -0.3 is 10.7 Å². The van der Waals surface area contributed by atoms with Gasteiger partial charge in [-0.3, -0.25) is 19.5 Å². The molecule has 0 saturated heterocycles. The fraction of sp³-hybridized carbons (Fsp3) is 0. The fourth-order valence-corrected chi connectivity index (χ4v) is 2.01. The molecule has 0 saturated carbocycles. The number of nitrogens with zero attached hydrogens (tertiary/aromatic N) is 5. The number of carbonyl (C=O) groups is 2. The Hall–Kier alpha value is -3.75. The molecule has 119 valence electrons. The Kier molecular flexibility index (Phi) is 4.15. The van der Waals surface area contributed by atoms with Gasteiger partial charge in [0.25, 0.3) is 0 Å². The molecule has 0 aromatic carbocycles. The number of hydrogen-bond donors (Lipinski definition) is 2. The van der Waals surface area contributed by atoms with E-state index >= 15 is 0 Å². The van der Waals surface area contributed by atoms with Crippen molar-refractivity contribution in [3.05, 3.63) is 54.4 Å². The van der Waals surface area contributed by atoms with Gasteiger partial charge in [-0.05, 0) is 24.3 Å². The molecule has 0 atom stereocenters. The maximum absolute atomic E-state index is 10.8. The third kappa shape index (κ3) is 2.90. The highest BCUT2D eigenvalue weighted by molar-refractivity contribution is 5.82. The molecular weight excluding hydrogens is 310 g/mol. The van der Waals surface area contributed by atoms with Crippen LogP contribution in [0.15, 0.2) is 48.7 Å². The quantitative estimate of drug-likeness (QED) is 0.683. The zero-order valence-electron chi connectivity index (χ0n) is 12.3. The molecule has 0 bridgehead atoms. The maximum Gasteiger partial charge on any atom is 0.238 e. The lowest BCUT2D eigenvalue weighted by molar-refractivity contribution is -0.105. The summed E-state index contributed by atoms with van der Waals surface area (Å²) in [4.78, 5) is 35.8. The van der Waals surface area contributed by atoms with Crippen molar-refractivity contribution in [1.82, 2.24) is 29.8 Å². The van der Waals surface area contributed by atoms with Crippen LogP contribution in [-0.2, 0) is 4.79 Å². The third-order valence-electron chi connectivity index (χ3n) is 3.11. The lowest BCUT2D eigenvalue weighted by Gasteiger charge is -2.04. The van der Waals surface area contributed by atoms with Gasteiger partial charge in [0.15, 0.2) is 24.0 Å². The van der Waals surface area contributed by atoms with E-state index < -0.39 is 0 Å². The molecule has 4 rings (SSSR count). The van der Waals surface area contributed by atoms with Crippen LogP contribution in [0.4, 0.5) is 5.82 Å². The van der Waals surface area contributed by atoms with Crippen LogP contribution in [0.2, 0.25) is 0 Å². The van der Waals surface area contributed by atoms with Crippen LogP contribution in [0.3, 0.4) is 0 Å². The molecule has 3 aromatic heterocycles. The van der Waals surface area contributed by atoms with Crippen molar-refractivity contribution in [2.24, 2.45) is 0 Å². The van der Waals surface area contributed by atoms with Crippen LogP contribution in [0.25, 0.3) is 17.1 Å². The second-order valence-corrected chi connectivity index (χ2v) is 4.61. The lowest BCUT2D eigenvalue weighted by atomic mass is 10.4. The molecule has 3 N–H and O–H groups in total. The Morgan fingerprint density at radius 1 is 1.21 bits per heavy atom. The molecule has 9 nitrogen and oxygen atoms in total. The SMILES string of the molecule is Nc1nc(-n2cccc2C=O)nc2[nH]cnc12.O=CC1=CC=C[N]1. The minimum Gasteiger partial charge on any atom is -0.382 e. The van der Waals surface area contributed by atoms with Crippen LogP contribution in [0.1, 0.15) is 10.5 Å². The van der Waals surface area contributed by atoms with Crippen LogP contribution in [-0.4, -0.2) is 37.1 Å². The number of aromatic nitrogens is 5. The van der Waals surface area contributed by atoms with Crippen LogP contribution >= 0.6 is 0 Å².